The molecule has 3 aliphatic rings. The van der Waals surface area contributed by atoms with Gasteiger partial charge < -0.3 is 19.6 Å². The Bertz CT molecular complexity index is 1360. The number of anilines is 1. The molecule has 10 heteroatoms. The van der Waals surface area contributed by atoms with Crippen molar-refractivity contribution in [2.45, 2.75) is 46.2 Å². The first-order valence-electron chi connectivity index (χ1n) is 14.0. The zero-order valence-corrected chi connectivity index (χ0v) is 26.3. The van der Waals surface area contributed by atoms with Gasteiger partial charge in [-0.1, -0.05) is 82.1 Å². The number of rotatable bonds is 12. The van der Waals surface area contributed by atoms with Crippen LogP contribution < -0.4 is 4.90 Å². The zero-order valence-electron chi connectivity index (χ0n) is 23.1. The molecule has 0 aliphatic carbocycles. The van der Waals surface area contributed by atoms with Crippen LogP contribution in [0.2, 0.25) is 5.02 Å². The van der Waals surface area contributed by atoms with Gasteiger partial charge in [-0.2, -0.15) is 0 Å². The Morgan fingerprint density at radius 1 is 1.19 bits per heavy atom. The summed E-state index contributed by atoms with van der Waals surface area (Å²) in [6.07, 6.45) is 5.25. The quantitative estimate of drug-likeness (QED) is 0.137. The Morgan fingerprint density at radius 3 is 2.57 bits per heavy atom. The van der Waals surface area contributed by atoms with Crippen LogP contribution in [0.3, 0.4) is 0 Å². The predicted molar refractivity (Wildman–Crippen MR) is 170 cm³/mol. The molecule has 222 valence electrons. The lowest BCUT2D eigenvalue weighted by atomic mass is 9.71. The lowest BCUT2D eigenvalue weighted by molar-refractivity contribution is -0.154. The van der Waals surface area contributed by atoms with E-state index in [2.05, 4.69) is 29.1 Å². The Labute approximate surface area is 264 Å². The molecule has 3 unspecified atom stereocenters. The molecule has 2 aromatic carbocycles. The number of hydrogen-bond donors (Lipinski definition) is 1. The van der Waals surface area contributed by atoms with Crippen molar-refractivity contribution < 1.29 is 24.2 Å². The number of fused-ring (bicyclic) bond motifs is 1. The maximum Gasteiger partial charge on any atom is 0.310 e. The SMILES string of the molecule is C=CCCCOC(=O)[C@H]1[C@H]2C(=O)N([C@H](CO)c3ccccc3)C(C(=O)N(CC=C)c3ccccc3Cl)C23CC(Br)[C@@H]1S3. The summed E-state index contributed by atoms with van der Waals surface area (Å²) in [5, 5.41) is 10.9. The van der Waals surface area contributed by atoms with Gasteiger partial charge in [-0.15, -0.1) is 24.9 Å². The highest BCUT2D eigenvalue weighted by atomic mass is 79.9. The zero-order chi connectivity index (χ0) is 30.0. The van der Waals surface area contributed by atoms with Gasteiger partial charge in [0.1, 0.15) is 6.04 Å². The number of aliphatic hydroxyl groups excluding tert-OH is 1. The third-order valence-corrected chi connectivity index (χ3v) is 12.0. The molecule has 3 heterocycles. The largest absolute Gasteiger partial charge is 0.465 e. The van der Waals surface area contributed by atoms with Gasteiger partial charge in [0, 0.05) is 16.6 Å². The van der Waals surface area contributed by atoms with Crippen LogP contribution in [-0.2, 0) is 19.1 Å². The van der Waals surface area contributed by atoms with Gasteiger partial charge in [0.15, 0.2) is 0 Å². The van der Waals surface area contributed by atoms with Crippen LogP contribution in [-0.4, -0.2) is 68.4 Å². The van der Waals surface area contributed by atoms with Crippen molar-refractivity contribution in [1.82, 2.24) is 4.90 Å². The van der Waals surface area contributed by atoms with E-state index in [1.807, 2.05) is 30.3 Å². The van der Waals surface area contributed by atoms with E-state index in [9.17, 15) is 19.5 Å². The molecule has 7 atom stereocenters. The summed E-state index contributed by atoms with van der Waals surface area (Å²) < 4.78 is 4.77. The molecule has 7 nitrogen and oxygen atoms in total. The van der Waals surface area contributed by atoms with Gasteiger partial charge in [-0.25, -0.2) is 0 Å². The second-order valence-corrected chi connectivity index (χ2v) is 13.9. The van der Waals surface area contributed by atoms with Gasteiger partial charge in [0.25, 0.3) is 5.91 Å². The van der Waals surface area contributed by atoms with Crippen molar-refractivity contribution in [1.29, 1.82) is 0 Å². The fourth-order valence-corrected chi connectivity index (χ4v) is 10.6. The fourth-order valence-electron chi connectivity index (χ4n) is 6.73. The number of para-hydroxylation sites is 1. The van der Waals surface area contributed by atoms with E-state index >= 15 is 0 Å². The average Bonchev–Trinajstić information content (AvgIpc) is 3.59. The molecular weight excluding hydrogens is 640 g/mol. The fraction of sp³-hybridized carbons (Fsp3) is 0.406. The Kier molecular flexibility index (Phi) is 9.52. The molecule has 0 radical (unpaired) electrons. The lowest BCUT2D eigenvalue weighted by Gasteiger charge is -2.40. The minimum atomic E-state index is -0.975. The number of unbranched alkanes of at least 4 members (excludes halogenated alkanes) is 1. The number of aliphatic hydroxyl groups is 1. The predicted octanol–water partition coefficient (Wildman–Crippen LogP) is 5.57. The van der Waals surface area contributed by atoms with Crippen molar-refractivity contribution in [3.8, 4) is 0 Å². The van der Waals surface area contributed by atoms with Crippen molar-refractivity contribution in [3.05, 3.63) is 90.5 Å². The average molecular weight is 674 g/mol. The van der Waals surface area contributed by atoms with Crippen LogP contribution in [0.4, 0.5) is 5.69 Å². The number of ether oxygens (including phenoxy) is 1. The molecule has 2 bridgehead atoms. The number of nitrogens with zero attached hydrogens (tertiary/aromatic N) is 2. The first-order chi connectivity index (χ1) is 20.3. The van der Waals surface area contributed by atoms with Crippen molar-refractivity contribution >= 4 is 62.8 Å². The number of thioether (sulfide) groups is 1. The number of amides is 2. The van der Waals surface area contributed by atoms with Crippen molar-refractivity contribution in [2.75, 3.05) is 24.7 Å². The van der Waals surface area contributed by atoms with Gasteiger partial charge in [-0.3, -0.25) is 14.4 Å². The Balaban J connectivity index is 1.62. The molecule has 0 aromatic heterocycles. The number of allylic oxidation sites excluding steroid dienone is 1. The highest BCUT2D eigenvalue weighted by molar-refractivity contribution is 9.09. The monoisotopic (exact) mass is 672 g/mol. The van der Waals surface area contributed by atoms with Crippen molar-refractivity contribution in [3.63, 3.8) is 0 Å². The third-order valence-electron chi connectivity index (χ3n) is 8.44. The summed E-state index contributed by atoms with van der Waals surface area (Å²) in [5.41, 5.74) is 1.21. The number of esters is 1. The highest BCUT2D eigenvalue weighted by Gasteiger charge is 2.76. The molecule has 3 saturated heterocycles. The molecule has 0 saturated carbocycles. The smallest absolute Gasteiger partial charge is 0.310 e. The Hall–Kier alpha value is -2.59. The normalized spacial score (nSPS) is 28.3. The molecule has 3 fully saturated rings. The van der Waals surface area contributed by atoms with E-state index < -0.39 is 41.2 Å². The lowest BCUT2D eigenvalue weighted by Crippen LogP contribution is -2.56. The van der Waals surface area contributed by atoms with E-state index in [4.69, 9.17) is 16.3 Å². The number of hydrogen-bond acceptors (Lipinski definition) is 6. The molecular formula is C32H34BrClN2O5S. The van der Waals surface area contributed by atoms with Crippen LogP contribution in [0.15, 0.2) is 79.9 Å². The molecule has 1 spiro atoms. The Morgan fingerprint density at radius 2 is 1.90 bits per heavy atom. The van der Waals surface area contributed by atoms with E-state index in [0.29, 0.717) is 35.5 Å². The van der Waals surface area contributed by atoms with E-state index in [0.717, 1.165) is 0 Å². The number of alkyl halides is 1. The highest BCUT2D eigenvalue weighted by Crippen LogP contribution is 2.68. The first-order valence-corrected chi connectivity index (χ1v) is 16.2. The number of benzene rings is 2. The molecule has 5 rings (SSSR count). The molecule has 2 amide bonds. The van der Waals surface area contributed by atoms with E-state index in [1.165, 1.54) is 16.7 Å². The second kappa shape index (κ2) is 13.0. The molecule has 3 aliphatic heterocycles. The number of carbonyl (C=O) groups excluding carboxylic acids is 3. The summed E-state index contributed by atoms with van der Waals surface area (Å²) in [6.45, 7) is 7.58. The van der Waals surface area contributed by atoms with Gasteiger partial charge in [0.05, 0.1) is 46.5 Å². The van der Waals surface area contributed by atoms with Gasteiger partial charge in [-0.05, 0) is 37.0 Å². The second-order valence-electron chi connectivity index (χ2n) is 10.8. The third kappa shape index (κ3) is 5.23. The van der Waals surface area contributed by atoms with Gasteiger partial charge in [0.2, 0.25) is 5.91 Å². The summed E-state index contributed by atoms with van der Waals surface area (Å²) in [4.78, 5) is 46.0. The summed E-state index contributed by atoms with van der Waals surface area (Å²) in [5.74, 6) is -2.59. The summed E-state index contributed by atoms with van der Waals surface area (Å²) in [7, 11) is 0. The standard InChI is InChI=1S/C32H34BrClN2O5S/c1-3-5-11-17-41-31(40)25-26-29(38)36(24(19-37)20-12-7-6-8-13-20)28(32(26)18-21(33)27(25)42-32)30(39)35(16-4-2)23-15-10-9-14-22(23)34/h3-4,6-10,12-15,21,24-28,37H,1-2,5,11,16-19H2/t21?,24-,25+,26+,27+,28?,32?/m1/s1. The van der Waals surface area contributed by atoms with Gasteiger partial charge >= 0.3 is 5.97 Å². The van der Waals surface area contributed by atoms with Crippen LogP contribution in [0.1, 0.15) is 30.9 Å². The molecule has 2 aromatic rings. The topological polar surface area (TPSA) is 87.1 Å². The number of likely N-dealkylation sites (tertiary alicyclic amines) is 1. The number of carbonyl (C=O) groups is 3. The van der Waals surface area contributed by atoms with E-state index in [-0.39, 0.29) is 35.0 Å². The molecule has 1 N–H and O–H groups in total. The molecule has 42 heavy (non-hydrogen) atoms. The minimum absolute atomic E-state index is 0.106. The summed E-state index contributed by atoms with van der Waals surface area (Å²) >= 11 is 11.9. The first kappa shape index (κ1) is 30.9. The van der Waals surface area contributed by atoms with E-state index in [1.54, 1.807) is 41.3 Å². The van der Waals surface area contributed by atoms with Crippen LogP contribution in [0, 0.1) is 11.8 Å². The van der Waals surface area contributed by atoms with Crippen LogP contribution in [0.25, 0.3) is 0 Å². The van der Waals surface area contributed by atoms with Crippen LogP contribution >= 0.6 is 39.3 Å². The maximum atomic E-state index is 14.8. The minimum Gasteiger partial charge on any atom is -0.465 e. The van der Waals surface area contributed by atoms with Crippen molar-refractivity contribution in [2.24, 2.45) is 11.8 Å². The summed E-state index contributed by atoms with van der Waals surface area (Å²) in [6, 6.07) is 14.5. The maximum absolute atomic E-state index is 14.8. The number of halogens is 2. The van der Waals surface area contributed by atoms with Crippen LogP contribution in [0.5, 0.6) is 0 Å².